The summed E-state index contributed by atoms with van der Waals surface area (Å²) in [6, 6.07) is 0.218. The van der Waals surface area contributed by atoms with Gasteiger partial charge in [-0.15, -0.1) is 0 Å². The van der Waals surface area contributed by atoms with E-state index in [1.54, 1.807) is 6.08 Å². The third-order valence-corrected chi connectivity index (χ3v) is 4.19. The molecule has 2 bridgehead atoms. The molecule has 2 heterocycles. The van der Waals surface area contributed by atoms with Crippen LogP contribution in [-0.4, -0.2) is 35.2 Å². The molecule has 1 saturated carbocycles. The number of fused-ring (bicyclic) bond motifs is 2. The maximum Gasteiger partial charge on any atom is 0.310 e. The van der Waals surface area contributed by atoms with Gasteiger partial charge in [0.1, 0.15) is 5.92 Å². The number of carbonyl (C=O) groups excluding carboxylic acids is 1. The summed E-state index contributed by atoms with van der Waals surface area (Å²) in [7, 11) is 0. The number of hydrogen-bond donors (Lipinski definition) is 2. The average Bonchev–Trinajstić information content (AvgIpc) is 3.03. The number of ether oxygens (including phenoxy) is 1. The molecule has 2 aliphatic heterocycles. The SMILES string of the molecule is O=C(O)[C@@H]1[C@H](C(=O)NC2CCCC2)[C@H]2C=C[C@@H]1O2. The Balaban J connectivity index is 1.71. The van der Waals surface area contributed by atoms with Gasteiger partial charge in [0, 0.05) is 6.04 Å². The zero-order valence-corrected chi connectivity index (χ0v) is 10.0. The van der Waals surface area contributed by atoms with Crippen LogP contribution in [0, 0.1) is 11.8 Å². The lowest BCUT2D eigenvalue weighted by Gasteiger charge is -2.23. The van der Waals surface area contributed by atoms with Crippen molar-refractivity contribution in [1.29, 1.82) is 0 Å². The lowest BCUT2D eigenvalue weighted by Crippen LogP contribution is -2.45. The van der Waals surface area contributed by atoms with Crippen LogP contribution in [0.5, 0.6) is 0 Å². The van der Waals surface area contributed by atoms with Gasteiger partial charge in [0.05, 0.1) is 18.1 Å². The molecule has 1 aliphatic carbocycles. The molecule has 3 aliphatic rings. The Morgan fingerprint density at radius 3 is 2.33 bits per heavy atom. The van der Waals surface area contributed by atoms with Crippen LogP contribution >= 0.6 is 0 Å². The molecule has 4 atom stereocenters. The van der Waals surface area contributed by atoms with Gasteiger partial charge in [-0.2, -0.15) is 0 Å². The average molecular weight is 251 g/mol. The largest absolute Gasteiger partial charge is 0.481 e. The van der Waals surface area contributed by atoms with Gasteiger partial charge in [-0.1, -0.05) is 25.0 Å². The van der Waals surface area contributed by atoms with E-state index < -0.39 is 23.9 Å². The van der Waals surface area contributed by atoms with Crippen molar-refractivity contribution < 1.29 is 19.4 Å². The molecule has 5 nitrogen and oxygen atoms in total. The van der Waals surface area contributed by atoms with Crippen LogP contribution in [0.1, 0.15) is 25.7 Å². The van der Waals surface area contributed by atoms with E-state index in [0.29, 0.717) is 0 Å². The van der Waals surface area contributed by atoms with Crippen LogP contribution in [0.4, 0.5) is 0 Å². The van der Waals surface area contributed by atoms with Gasteiger partial charge >= 0.3 is 5.97 Å². The summed E-state index contributed by atoms with van der Waals surface area (Å²) in [5.74, 6) is -2.41. The van der Waals surface area contributed by atoms with Crippen LogP contribution in [-0.2, 0) is 14.3 Å². The van der Waals surface area contributed by atoms with Crippen LogP contribution in [0.3, 0.4) is 0 Å². The minimum absolute atomic E-state index is 0.161. The van der Waals surface area contributed by atoms with Gasteiger partial charge < -0.3 is 15.2 Å². The summed E-state index contributed by atoms with van der Waals surface area (Å²) in [4.78, 5) is 23.5. The van der Waals surface area contributed by atoms with E-state index in [4.69, 9.17) is 4.74 Å². The summed E-state index contributed by atoms with van der Waals surface area (Å²) in [5.41, 5.74) is 0. The number of hydrogen-bond acceptors (Lipinski definition) is 3. The van der Waals surface area contributed by atoms with Crippen LogP contribution < -0.4 is 5.32 Å². The minimum atomic E-state index is -0.946. The molecule has 2 fully saturated rings. The first-order valence-electron chi connectivity index (χ1n) is 6.54. The third kappa shape index (κ3) is 1.82. The van der Waals surface area contributed by atoms with Crippen molar-refractivity contribution in [3.8, 4) is 0 Å². The standard InChI is InChI=1S/C13H17NO4/c15-12(14-7-3-1-2-4-7)10-8-5-6-9(18-8)11(10)13(16)17/h5-11H,1-4H2,(H,14,15)(H,16,17)/t8-,9+,10-,11+/m1/s1. The number of amides is 1. The van der Waals surface area contributed by atoms with E-state index in [2.05, 4.69) is 5.32 Å². The second-order valence-electron chi connectivity index (χ2n) is 5.33. The summed E-state index contributed by atoms with van der Waals surface area (Å²) >= 11 is 0. The number of carbonyl (C=O) groups is 2. The molecule has 1 amide bonds. The normalized spacial score (nSPS) is 38.2. The molecule has 1 saturated heterocycles. The predicted molar refractivity (Wildman–Crippen MR) is 62.8 cm³/mol. The first kappa shape index (κ1) is 11.7. The molecule has 0 unspecified atom stereocenters. The Hall–Kier alpha value is -1.36. The summed E-state index contributed by atoms with van der Waals surface area (Å²) in [6.45, 7) is 0. The molecule has 0 aromatic carbocycles. The van der Waals surface area contributed by atoms with Gasteiger partial charge in [-0.05, 0) is 12.8 Å². The summed E-state index contributed by atoms with van der Waals surface area (Å²) in [5, 5.41) is 12.2. The van der Waals surface area contributed by atoms with Crippen molar-refractivity contribution in [3.05, 3.63) is 12.2 Å². The summed E-state index contributed by atoms with van der Waals surface area (Å²) in [6.07, 6.45) is 7.04. The topological polar surface area (TPSA) is 75.6 Å². The number of carboxylic acids is 1. The van der Waals surface area contributed by atoms with Gasteiger partial charge in [0.25, 0.3) is 0 Å². The number of rotatable bonds is 3. The quantitative estimate of drug-likeness (QED) is 0.724. The van der Waals surface area contributed by atoms with E-state index in [1.165, 1.54) is 0 Å². The molecular weight excluding hydrogens is 234 g/mol. The van der Waals surface area contributed by atoms with Crippen molar-refractivity contribution in [2.75, 3.05) is 0 Å². The minimum Gasteiger partial charge on any atom is -0.481 e. The second-order valence-corrected chi connectivity index (χ2v) is 5.33. The fourth-order valence-corrected chi connectivity index (χ4v) is 3.28. The van der Waals surface area contributed by atoms with E-state index in [-0.39, 0.29) is 18.1 Å². The molecule has 0 radical (unpaired) electrons. The van der Waals surface area contributed by atoms with Crippen molar-refractivity contribution >= 4 is 11.9 Å². The monoisotopic (exact) mass is 251 g/mol. The molecule has 0 aromatic heterocycles. The zero-order chi connectivity index (χ0) is 12.7. The van der Waals surface area contributed by atoms with Crippen molar-refractivity contribution in [3.63, 3.8) is 0 Å². The van der Waals surface area contributed by atoms with Crippen molar-refractivity contribution in [1.82, 2.24) is 5.32 Å². The van der Waals surface area contributed by atoms with Crippen LogP contribution in [0.25, 0.3) is 0 Å². The first-order valence-corrected chi connectivity index (χ1v) is 6.54. The van der Waals surface area contributed by atoms with E-state index in [0.717, 1.165) is 25.7 Å². The lowest BCUT2D eigenvalue weighted by molar-refractivity contribution is -0.146. The highest BCUT2D eigenvalue weighted by atomic mass is 16.5. The van der Waals surface area contributed by atoms with E-state index in [1.807, 2.05) is 6.08 Å². The lowest BCUT2D eigenvalue weighted by atomic mass is 9.82. The van der Waals surface area contributed by atoms with Gasteiger partial charge in [0.15, 0.2) is 0 Å². The maximum atomic E-state index is 12.2. The Bertz CT molecular complexity index is 400. The Labute approximate surface area is 105 Å². The highest BCUT2D eigenvalue weighted by molar-refractivity contribution is 5.87. The Morgan fingerprint density at radius 2 is 1.72 bits per heavy atom. The van der Waals surface area contributed by atoms with Crippen molar-refractivity contribution in [2.45, 2.75) is 43.9 Å². The van der Waals surface area contributed by atoms with Crippen LogP contribution in [0.2, 0.25) is 0 Å². The van der Waals surface area contributed by atoms with E-state index >= 15 is 0 Å². The Morgan fingerprint density at radius 1 is 1.11 bits per heavy atom. The molecule has 0 spiro atoms. The fraction of sp³-hybridized carbons (Fsp3) is 0.692. The fourth-order valence-electron chi connectivity index (χ4n) is 3.28. The molecule has 18 heavy (non-hydrogen) atoms. The third-order valence-electron chi connectivity index (χ3n) is 4.19. The smallest absolute Gasteiger partial charge is 0.310 e. The molecule has 2 N–H and O–H groups in total. The van der Waals surface area contributed by atoms with E-state index in [9.17, 15) is 14.7 Å². The predicted octanol–water partition coefficient (Wildman–Crippen LogP) is 0.699. The highest BCUT2D eigenvalue weighted by Gasteiger charge is 2.53. The first-order chi connectivity index (χ1) is 8.66. The maximum absolute atomic E-state index is 12.2. The molecule has 3 rings (SSSR count). The second kappa shape index (κ2) is 4.39. The summed E-state index contributed by atoms with van der Waals surface area (Å²) < 4.78 is 5.49. The zero-order valence-electron chi connectivity index (χ0n) is 10.0. The molecular formula is C13H17NO4. The van der Waals surface area contributed by atoms with Crippen LogP contribution in [0.15, 0.2) is 12.2 Å². The van der Waals surface area contributed by atoms with Gasteiger partial charge in [-0.3, -0.25) is 9.59 Å². The Kier molecular flexibility index (Phi) is 2.86. The van der Waals surface area contributed by atoms with Gasteiger partial charge in [-0.25, -0.2) is 0 Å². The van der Waals surface area contributed by atoms with Crippen molar-refractivity contribution in [2.24, 2.45) is 11.8 Å². The molecule has 98 valence electrons. The molecule has 5 heteroatoms. The van der Waals surface area contributed by atoms with Gasteiger partial charge in [0.2, 0.25) is 5.91 Å². The number of nitrogens with one attached hydrogen (secondary N) is 1. The molecule has 0 aromatic rings. The number of carboxylic acid groups (broad SMARTS) is 1. The highest BCUT2D eigenvalue weighted by Crippen LogP contribution is 2.39. The number of aliphatic carboxylic acids is 1.